The first-order chi connectivity index (χ1) is 15.2. The van der Waals surface area contributed by atoms with E-state index in [1.54, 1.807) is 12.1 Å². The Morgan fingerprint density at radius 1 is 0.938 bits per heavy atom. The number of aryl methyl sites for hydroxylation is 4. The number of nitrogens with zero attached hydrogens (tertiary/aromatic N) is 2. The molecule has 1 heterocycles. The molecule has 1 aromatic heterocycles. The van der Waals surface area contributed by atoms with E-state index in [0.717, 1.165) is 33.2 Å². The predicted octanol–water partition coefficient (Wildman–Crippen LogP) is 5.59. The van der Waals surface area contributed by atoms with Crippen LogP contribution in [0.4, 0.5) is 5.69 Å². The van der Waals surface area contributed by atoms with E-state index in [1.807, 2.05) is 64.1 Å². The highest BCUT2D eigenvalue weighted by molar-refractivity contribution is 6.34. The number of halogens is 1. The number of amides is 1. The molecular formula is C26H24ClN3O2. The van der Waals surface area contributed by atoms with Gasteiger partial charge in [-0.15, -0.1) is 0 Å². The zero-order chi connectivity index (χ0) is 23.0. The average Bonchev–Trinajstić information content (AvgIpc) is 2.74. The van der Waals surface area contributed by atoms with Gasteiger partial charge in [-0.1, -0.05) is 53.6 Å². The molecule has 1 N–H and O–H groups in total. The lowest BCUT2D eigenvalue weighted by Crippen LogP contribution is -2.30. The van der Waals surface area contributed by atoms with Crippen molar-refractivity contribution < 1.29 is 4.79 Å². The largest absolute Gasteiger partial charge is 0.323 e. The second-order valence-corrected chi connectivity index (χ2v) is 8.57. The third-order valence-corrected chi connectivity index (χ3v) is 5.80. The summed E-state index contributed by atoms with van der Waals surface area (Å²) in [6.45, 7) is 7.63. The molecule has 1 amide bonds. The SMILES string of the molecule is Cc1cc(C)c(NC(=O)Cn2nc(-c3cc(C)ccc3C)c3ccccc3c2=O)c(Cl)c1. The molecule has 3 aromatic carbocycles. The first-order valence-electron chi connectivity index (χ1n) is 10.4. The zero-order valence-electron chi connectivity index (χ0n) is 18.5. The van der Waals surface area contributed by atoms with Gasteiger partial charge in [0.2, 0.25) is 5.91 Å². The Morgan fingerprint density at radius 2 is 1.66 bits per heavy atom. The molecule has 0 fully saturated rings. The normalized spacial score (nSPS) is 11.0. The van der Waals surface area contributed by atoms with Crippen molar-refractivity contribution in [3.05, 3.63) is 92.2 Å². The smallest absolute Gasteiger partial charge is 0.275 e. The Bertz CT molecular complexity index is 1400. The summed E-state index contributed by atoms with van der Waals surface area (Å²) in [5.41, 5.74) is 5.87. The first kappa shape index (κ1) is 21.8. The van der Waals surface area contributed by atoms with Gasteiger partial charge in [0.1, 0.15) is 6.54 Å². The van der Waals surface area contributed by atoms with Crippen molar-refractivity contribution in [2.45, 2.75) is 34.2 Å². The molecule has 0 bridgehead atoms. The number of nitrogens with one attached hydrogen (secondary N) is 1. The fourth-order valence-corrected chi connectivity index (χ4v) is 4.29. The van der Waals surface area contributed by atoms with Crippen LogP contribution in [0.25, 0.3) is 22.0 Å². The number of fused-ring (bicyclic) bond motifs is 1. The molecule has 0 unspecified atom stereocenters. The Balaban J connectivity index is 1.78. The summed E-state index contributed by atoms with van der Waals surface area (Å²) >= 11 is 6.33. The lowest BCUT2D eigenvalue weighted by atomic mass is 9.99. The van der Waals surface area contributed by atoms with Gasteiger partial charge in [0.05, 0.1) is 21.8 Å². The molecule has 4 rings (SSSR count). The Morgan fingerprint density at radius 3 is 2.38 bits per heavy atom. The van der Waals surface area contributed by atoms with Crippen LogP contribution in [0.15, 0.2) is 59.4 Å². The van der Waals surface area contributed by atoms with E-state index in [1.165, 1.54) is 4.68 Å². The number of hydrogen-bond donors (Lipinski definition) is 1. The van der Waals surface area contributed by atoms with Gasteiger partial charge < -0.3 is 5.32 Å². The van der Waals surface area contributed by atoms with Gasteiger partial charge in [-0.05, 0) is 62.6 Å². The van der Waals surface area contributed by atoms with Gasteiger partial charge in [-0.2, -0.15) is 5.10 Å². The molecular weight excluding hydrogens is 422 g/mol. The van der Waals surface area contributed by atoms with Crippen molar-refractivity contribution in [2.75, 3.05) is 5.32 Å². The average molecular weight is 446 g/mol. The van der Waals surface area contributed by atoms with Gasteiger partial charge in [0.25, 0.3) is 5.56 Å². The van der Waals surface area contributed by atoms with Crippen molar-refractivity contribution in [1.29, 1.82) is 0 Å². The molecule has 0 saturated carbocycles. The molecule has 0 aliphatic carbocycles. The van der Waals surface area contributed by atoms with Crippen LogP contribution in [0, 0.1) is 27.7 Å². The highest BCUT2D eigenvalue weighted by Gasteiger charge is 2.17. The Hall–Kier alpha value is -3.44. The topological polar surface area (TPSA) is 64.0 Å². The van der Waals surface area contributed by atoms with E-state index in [9.17, 15) is 9.59 Å². The molecule has 0 saturated heterocycles. The Kier molecular flexibility index (Phi) is 5.85. The lowest BCUT2D eigenvalue weighted by Gasteiger charge is -2.15. The van der Waals surface area contributed by atoms with Crippen LogP contribution in [0.2, 0.25) is 5.02 Å². The molecule has 4 aromatic rings. The summed E-state index contributed by atoms with van der Waals surface area (Å²) in [5.74, 6) is -0.365. The summed E-state index contributed by atoms with van der Waals surface area (Å²) in [5, 5.41) is 9.21. The van der Waals surface area contributed by atoms with E-state index >= 15 is 0 Å². The molecule has 0 atom stereocenters. The van der Waals surface area contributed by atoms with Gasteiger partial charge >= 0.3 is 0 Å². The third-order valence-electron chi connectivity index (χ3n) is 5.51. The summed E-state index contributed by atoms with van der Waals surface area (Å²) in [4.78, 5) is 26.0. The maximum absolute atomic E-state index is 13.1. The minimum atomic E-state index is -0.365. The van der Waals surface area contributed by atoms with E-state index in [4.69, 9.17) is 11.6 Å². The van der Waals surface area contributed by atoms with E-state index in [0.29, 0.717) is 21.8 Å². The number of hydrogen-bond acceptors (Lipinski definition) is 3. The fraction of sp³-hybridized carbons (Fsp3) is 0.192. The van der Waals surface area contributed by atoms with E-state index < -0.39 is 0 Å². The molecule has 6 heteroatoms. The standard InChI is InChI=1S/C26H24ClN3O2/c1-15-9-10-17(3)21(12-15)25-19-7-5-6-8-20(19)26(32)30(29-25)14-23(31)28-24-18(4)11-16(2)13-22(24)27/h5-13H,14H2,1-4H3,(H,28,31). The molecule has 0 spiro atoms. The highest BCUT2D eigenvalue weighted by Crippen LogP contribution is 2.29. The quantitative estimate of drug-likeness (QED) is 0.445. The molecule has 5 nitrogen and oxygen atoms in total. The molecule has 32 heavy (non-hydrogen) atoms. The van der Waals surface area contributed by atoms with Crippen molar-refractivity contribution in [1.82, 2.24) is 9.78 Å². The fourth-order valence-electron chi connectivity index (χ4n) is 3.92. The first-order valence-corrected chi connectivity index (χ1v) is 10.8. The van der Waals surface area contributed by atoms with Crippen LogP contribution in [0.1, 0.15) is 22.3 Å². The van der Waals surface area contributed by atoms with Crippen LogP contribution in [-0.4, -0.2) is 15.7 Å². The van der Waals surface area contributed by atoms with Gasteiger partial charge in [0.15, 0.2) is 0 Å². The van der Waals surface area contributed by atoms with Gasteiger partial charge in [-0.25, -0.2) is 4.68 Å². The van der Waals surface area contributed by atoms with E-state index in [-0.39, 0.29) is 18.0 Å². The van der Waals surface area contributed by atoms with Crippen molar-refractivity contribution in [2.24, 2.45) is 0 Å². The maximum atomic E-state index is 13.1. The van der Waals surface area contributed by atoms with E-state index in [2.05, 4.69) is 16.5 Å². The lowest BCUT2D eigenvalue weighted by molar-refractivity contribution is -0.117. The van der Waals surface area contributed by atoms with Crippen LogP contribution < -0.4 is 10.9 Å². The van der Waals surface area contributed by atoms with Crippen LogP contribution in [-0.2, 0) is 11.3 Å². The van der Waals surface area contributed by atoms with Crippen molar-refractivity contribution >= 4 is 34.0 Å². The number of carbonyl (C=O) groups excluding carboxylic acids is 1. The molecule has 162 valence electrons. The predicted molar refractivity (Wildman–Crippen MR) is 130 cm³/mol. The second kappa shape index (κ2) is 8.60. The number of anilines is 1. The minimum Gasteiger partial charge on any atom is -0.323 e. The second-order valence-electron chi connectivity index (χ2n) is 8.16. The Labute approximate surface area is 191 Å². The summed E-state index contributed by atoms with van der Waals surface area (Å²) < 4.78 is 1.23. The van der Waals surface area contributed by atoms with Crippen molar-refractivity contribution in [3.63, 3.8) is 0 Å². The number of carbonyl (C=O) groups is 1. The number of benzene rings is 3. The zero-order valence-corrected chi connectivity index (χ0v) is 19.2. The van der Waals surface area contributed by atoms with Crippen LogP contribution in [0.5, 0.6) is 0 Å². The van der Waals surface area contributed by atoms with Gasteiger partial charge in [0, 0.05) is 10.9 Å². The molecule has 0 radical (unpaired) electrons. The van der Waals surface area contributed by atoms with Gasteiger partial charge in [-0.3, -0.25) is 9.59 Å². The molecule has 0 aliphatic heterocycles. The molecule has 0 aliphatic rings. The maximum Gasteiger partial charge on any atom is 0.275 e. The number of aromatic nitrogens is 2. The highest BCUT2D eigenvalue weighted by atomic mass is 35.5. The summed E-state index contributed by atoms with van der Waals surface area (Å²) in [6.07, 6.45) is 0. The third kappa shape index (κ3) is 4.16. The minimum absolute atomic E-state index is 0.217. The van der Waals surface area contributed by atoms with Crippen molar-refractivity contribution in [3.8, 4) is 11.3 Å². The van der Waals surface area contributed by atoms with Crippen LogP contribution in [0.3, 0.4) is 0 Å². The van der Waals surface area contributed by atoms with Crippen LogP contribution >= 0.6 is 11.6 Å². The summed E-state index contributed by atoms with van der Waals surface area (Å²) in [7, 11) is 0. The monoisotopic (exact) mass is 445 g/mol. The summed E-state index contributed by atoms with van der Waals surface area (Å²) in [6, 6.07) is 17.2. The number of rotatable bonds is 4.